The minimum absolute atomic E-state index is 0.190. The van der Waals surface area contributed by atoms with Crippen molar-refractivity contribution in [2.24, 2.45) is 5.73 Å². The van der Waals surface area contributed by atoms with Crippen LogP contribution in [0.2, 0.25) is 0 Å². The fourth-order valence-corrected chi connectivity index (χ4v) is 2.31. The monoisotopic (exact) mass is 246 g/mol. The van der Waals surface area contributed by atoms with Gasteiger partial charge in [0.15, 0.2) is 0 Å². The molecule has 1 aliphatic carbocycles. The fraction of sp³-hybridized carbons (Fsp3) is 0.533. The molecule has 0 bridgehead atoms. The van der Waals surface area contributed by atoms with Gasteiger partial charge in [-0.15, -0.1) is 0 Å². The maximum Gasteiger partial charge on any atom is 0.220 e. The van der Waals surface area contributed by atoms with Crippen molar-refractivity contribution in [2.75, 3.05) is 6.54 Å². The third-order valence-electron chi connectivity index (χ3n) is 3.47. The van der Waals surface area contributed by atoms with Gasteiger partial charge in [-0.1, -0.05) is 36.8 Å². The number of amides is 1. The Morgan fingerprint density at radius 2 is 2.00 bits per heavy atom. The maximum absolute atomic E-state index is 11.7. The summed E-state index contributed by atoms with van der Waals surface area (Å²) in [7, 11) is 0. The van der Waals surface area contributed by atoms with Gasteiger partial charge in [-0.2, -0.15) is 0 Å². The van der Waals surface area contributed by atoms with E-state index >= 15 is 0 Å². The quantitative estimate of drug-likeness (QED) is 0.724. The summed E-state index contributed by atoms with van der Waals surface area (Å²) in [6.07, 6.45) is 4.74. The smallest absolute Gasteiger partial charge is 0.220 e. The van der Waals surface area contributed by atoms with E-state index in [0.717, 1.165) is 32.2 Å². The highest BCUT2D eigenvalue weighted by atomic mass is 16.1. The number of carbonyl (C=O) groups is 1. The minimum atomic E-state index is 0.190. The van der Waals surface area contributed by atoms with Crippen molar-refractivity contribution in [1.29, 1.82) is 0 Å². The van der Waals surface area contributed by atoms with Crippen LogP contribution in [0.15, 0.2) is 30.3 Å². The first-order valence-corrected chi connectivity index (χ1v) is 6.85. The van der Waals surface area contributed by atoms with E-state index in [-0.39, 0.29) is 5.91 Å². The number of hydrogen-bond donors (Lipinski definition) is 2. The molecule has 0 spiro atoms. The normalized spacial score (nSPS) is 21.6. The number of unbranched alkanes of at least 4 members (excludes halogenated alkanes) is 2. The van der Waals surface area contributed by atoms with Gasteiger partial charge in [0.1, 0.15) is 0 Å². The predicted octanol–water partition coefficient (Wildman–Crippen LogP) is 2.18. The van der Waals surface area contributed by atoms with E-state index in [0.29, 0.717) is 18.4 Å². The fourth-order valence-electron chi connectivity index (χ4n) is 2.31. The van der Waals surface area contributed by atoms with Crippen LogP contribution in [0.5, 0.6) is 0 Å². The molecule has 98 valence electrons. The second kappa shape index (κ2) is 6.55. The van der Waals surface area contributed by atoms with Crippen LogP contribution in [0.1, 0.15) is 43.6 Å². The van der Waals surface area contributed by atoms with Crippen LogP contribution in [-0.4, -0.2) is 18.5 Å². The van der Waals surface area contributed by atoms with E-state index in [2.05, 4.69) is 29.6 Å². The van der Waals surface area contributed by atoms with Crippen molar-refractivity contribution in [3.8, 4) is 0 Å². The lowest BCUT2D eigenvalue weighted by Gasteiger charge is -2.04. The number of nitrogens with two attached hydrogens (primary N) is 1. The number of rotatable bonds is 7. The molecule has 18 heavy (non-hydrogen) atoms. The Bertz CT molecular complexity index is 377. The topological polar surface area (TPSA) is 55.1 Å². The summed E-state index contributed by atoms with van der Waals surface area (Å²) < 4.78 is 0. The Kier molecular flexibility index (Phi) is 4.76. The van der Waals surface area contributed by atoms with E-state index in [1.165, 1.54) is 5.56 Å². The third-order valence-corrected chi connectivity index (χ3v) is 3.47. The van der Waals surface area contributed by atoms with Crippen LogP contribution in [0.25, 0.3) is 0 Å². The van der Waals surface area contributed by atoms with Gasteiger partial charge in [-0.05, 0) is 31.4 Å². The molecular formula is C15H22N2O. The summed E-state index contributed by atoms with van der Waals surface area (Å²) in [5.41, 5.74) is 6.76. The summed E-state index contributed by atoms with van der Waals surface area (Å²) in [4.78, 5) is 11.7. The summed E-state index contributed by atoms with van der Waals surface area (Å²) in [5.74, 6) is 0.717. The lowest BCUT2D eigenvalue weighted by atomic mass is 10.1. The highest BCUT2D eigenvalue weighted by Gasteiger charge is 2.38. The molecule has 1 aromatic rings. The number of hydrogen-bond acceptors (Lipinski definition) is 2. The van der Waals surface area contributed by atoms with Gasteiger partial charge in [-0.25, -0.2) is 0 Å². The highest BCUT2D eigenvalue weighted by molar-refractivity contribution is 5.76. The molecule has 1 amide bonds. The molecule has 3 N–H and O–H groups in total. The molecule has 1 aromatic carbocycles. The van der Waals surface area contributed by atoms with Crippen LogP contribution in [-0.2, 0) is 4.79 Å². The molecule has 2 atom stereocenters. The van der Waals surface area contributed by atoms with Crippen LogP contribution < -0.4 is 11.1 Å². The van der Waals surface area contributed by atoms with Gasteiger partial charge in [0.2, 0.25) is 5.91 Å². The molecule has 0 saturated heterocycles. The molecule has 3 heteroatoms. The molecule has 2 rings (SSSR count). The summed E-state index contributed by atoms with van der Waals surface area (Å²) in [6.45, 7) is 0.723. The number of nitrogens with one attached hydrogen (secondary N) is 1. The zero-order valence-electron chi connectivity index (χ0n) is 10.8. The van der Waals surface area contributed by atoms with Gasteiger partial charge in [0, 0.05) is 18.4 Å². The Morgan fingerprint density at radius 3 is 2.72 bits per heavy atom. The zero-order valence-corrected chi connectivity index (χ0v) is 10.8. The second-order valence-corrected chi connectivity index (χ2v) is 5.03. The second-order valence-electron chi connectivity index (χ2n) is 5.03. The zero-order chi connectivity index (χ0) is 12.8. The van der Waals surface area contributed by atoms with Crippen LogP contribution in [0, 0.1) is 0 Å². The SMILES string of the molecule is NCCCCCC(=O)NC1CC1c1ccccc1. The molecule has 1 saturated carbocycles. The van der Waals surface area contributed by atoms with Gasteiger partial charge in [0.25, 0.3) is 0 Å². The molecule has 0 aromatic heterocycles. The van der Waals surface area contributed by atoms with E-state index in [1.807, 2.05) is 6.07 Å². The van der Waals surface area contributed by atoms with Crippen molar-refractivity contribution in [1.82, 2.24) is 5.32 Å². The lowest BCUT2D eigenvalue weighted by molar-refractivity contribution is -0.121. The molecule has 3 nitrogen and oxygen atoms in total. The summed E-state index contributed by atoms with van der Waals surface area (Å²) in [6, 6.07) is 10.8. The third kappa shape index (κ3) is 3.84. The minimum Gasteiger partial charge on any atom is -0.353 e. The van der Waals surface area contributed by atoms with Crippen LogP contribution in [0.4, 0.5) is 0 Å². The first kappa shape index (κ1) is 13.1. The van der Waals surface area contributed by atoms with Crippen molar-refractivity contribution < 1.29 is 4.79 Å². The maximum atomic E-state index is 11.7. The number of carbonyl (C=O) groups excluding carboxylic acids is 1. The molecule has 1 fully saturated rings. The summed E-state index contributed by atoms with van der Waals surface area (Å²) in [5, 5.41) is 3.11. The predicted molar refractivity (Wildman–Crippen MR) is 73.3 cm³/mol. The number of benzene rings is 1. The molecule has 0 heterocycles. The average Bonchev–Trinajstić information content (AvgIpc) is 3.15. The van der Waals surface area contributed by atoms with E-state index in [1.54, 1.807) is 0 Å². The van der Waals surface area contributed by atoms with Crippen LogP contribution >= 0.6 is 0 Å². The van der Waals surface area contributed by atoms with Crippen LogP contribution in [0.3, 0.4) is 0 Å². The Labute approximate surface area is 109 Å². The van der Waals surface area contributed by atoms with Crippen molar-refractivity contribution in [2.45, 2.75) is 44.1 Å². The first-order valence-electron chi connectivity index (χ1n) is 6.85. The standard InChI is InChI=1S/C15H22N2O/c16-10-6-2-5-9-15(18)17-14-11-13(14)12-7-3-1-4-8-12/h1,3-4,7-8,13-14H,2,5-6,9-11,16H2,(H,17,18). The lowest BCUT2D eigenvalue weighted by Crippen LogP contribution is -2.26. The van der Waals surface area contributed by atoms with E-state index < -0.39 is 0 Å². The molecule has 1 aliphatic rings. The Balaban J connectivity index is 1.65. The van der Waals surface area contributed by atoms with E-state index in [4.69, 9.17) is 5.73 Å². The highest BCUT2D eigenvalue weighted by Crippen LogP contribution is 2.40. The average molecular weight is 246 g/mol. The molecule has 0 radical (unpaired) electrons. The molecule has 2 unspecified atom stereocenters. The van der Waals surface area contributed by atoms with Crippen molar-refractivity contribution in [3.63, 3.8) is 0 Å². The van der Waals surface area contributed by atoms with E-state index in [9.17, 15) is 4.79 Å². The Hall–Kier alpha value is -1.35. The van der Waals surface area contributed by atoms with Gasteiger partial charge >= 0.3 is 0 Å². The van der Waals surface area contributed by atoms with Gasteiger partial charge < -0.3 is 11.1 Å². The first-order chi connectivity index (χ1) is 8.81. The Morgan fingerprint density at radius 1 is 1.22 bits per heavy atom. The van der Waals surface area contributed by atoms with Crippen molar-refractivity contribution >= 4 is 5.91 Å². The summed E-state index contributed by atoms with van der Waals surface area (Å²) >= 11 is 0. The molecule has 0 aliphatic heterocycles. The largest absolute Gasteiger partial charge is 0.353 e. The van der Waals surface area contributed by atoms with Gasteiger partial charge in [-0.3, -0.25) is 4.79 Å². The van der Waals surface area contributed by atoms with Crippen molar-refractivity contribution in [3.05, 3.63) is 35.9 Å². The van der Waals surface area contributed by atoms with Gasteiger partial charge in [0.05, 0.1) is 0 Å². The molecular weight excluding hydrogens is 224 g/mol.